The van der Waals surface area contributed by atoms with Crippen LogP contribution in [0.5, 0.6) is 0 Å². The Balaban J connectivity index is 3.61. The van der Waals surface area contributed by atoms with Crippen LogP contribution in [0.4, 0.5) is 0 Å². The molecule has 0 bridgehead atoms. The minimum atomic E-state index is -2.93. The predicted octanol–water partition coefficient (Wildman–Crippen LogP) is 0.0117. The van der Waals surface area contributed by atoms with E-state index in [-0.39, 0.29) is 12.9 Å². The maximum absolute atomic E-state index is 11.2. The topological polar surface area (TPSA) is 67.8 Å². The number of rotatable bonds is 6. The van der Waals surface area contributed by atoms with Crippen molar-refractivity contribution in [1.82, 2.24) is 5.32 Å². The molecule has 2 N–H and O–H groups in total. The van der Waals surface area contributed by atoms with Crippen molar-refractivity contribution in [3.8, 4) is 0 Å². The molecule has 0 aromatic carbocycles. The van der Waals surface area contributed by atoms with Crippen LogP contribution in [-0.2, 0) is 13.6 Å². The Bertz CT molecular complexity index is 132. The summed E-state index contributed by atoms with van der Waals surface area (Å²) in [6.45, 7) is 0.393. The minimum absolute atomic E-state index is 0.00737. The van der Waals surface area contributed by atoms with E-state index in [0.717, 1.165) is 0 Å². The third-order valence-electron chi connectivity index (χ3n) is 1.15. The average Bonchev–Trinajstić information content (AvgIpc) is 2.05. The van der Waals surface area contributed by atoms with Crippen molar-refractivity contribution in [2.45, 2.75) is 0 Å². The second-order valence-corrected chi connectivity index (χ2v) is 4.13. The van der Waals surface area contributed by atoms with Crippen LogP contribution in [0.3, 0.4) is 0 Å². The first-order chi connectivity index (χ1) is 5.18. The SMILES string of the molecule is COP(=O)(CNCCO)OC. The van der Waals surface area contributed by atoms with Gasteiger partial charge in [0.05, 0.1) is 12.9 Å². The van der Waals surface area contributed by atoms with E-state index < -0.39 is 7.60 Å². The molecule has 0 fully saturated rings. The summed E-state index contributed by atoms with van der Waals surface area (Å²) in [5, 5.41) is 11.1. The van der Waals surface area contributed by atoms with Gasteiger partial charge >= 0.3 is 7.60 Å². The van der Waals surface area contributed by atoms with Gasteiger partial charge in [-0.2, -0.15) is 0 Å². The van der Waals surface area contributed by atoms with E-state index in [0.29, 0.717) is 6.54 Å². The highest BCUT2D eigenvalue weighted by atomic mass is 31.2. The third kappa shape index (κ3) is 4.50. The van der Waals surface area contributed by atoms with E-state index in [1.165, 1.54) is 14.2 Å². The monoisotopic (exact) mass is 183 g/mol. The fourth-order valence-corrected chi connectivity index (χ4v) is 1.34. The Morgan fingerprint density at radius 1 is 1.45 bits per heavy atom. The summed E-state index contributed by atoms with van der Waals surface area (Å²) in [4.78, 5) is 0. The molecule has 0 radical (unpaired) electrons. The molecule has 0 heterocycles. The lowest BCUT2D eigenvalue weighted by Gasteiger charge is -2.13. The zero-order chi connectivity index (χ0) is 8.74. The first-order valence-corrected chi connectivity index (χ1v) is 4.93. The summed E-state index contributed by atoms with van der Waals surface area (Å²) in [5.74, 6) is 0. The summed E-state index contributed by atoms with van der Waals surface area (Å²) in [6.07, 6.45) is 0.126. The Morgan fingerprint density at radius 2 is 2.00 bits per heavy atom. The fourth-order valence-electron chi connectivity index (χ4n) is 0.499. The molecule has 0 saturated heterocycles. The zero-order valence-electron chi connectivity index (χ0n) is 6.74. The molecule has 0 aromatic rings. The summed E-state index contributed by atoms with van der Waals surface area (Å²) in [5.41, 5.74) is 0. The minimum Gasteiger partial charge on any atom is -0.395 e. The molecule has 68 valence electrons. The first kappa shape index (κ1) is 11.1. The number of hydrogen-bond acceptors (Lipinski definition) is 5. The quantitative estimate of drug-likeness (QED) is 0.448. The summed E-state index contributed by atoms with van der Waals surface area (Å²) >= 11 is 0. The Hall–Kier alpha value is 0.0700. The molecule has 0 aromatic heterocycles. The van der Waals surface area contributed by atoms with Crippen molar-refractivity contribution in [3.05, 3.63) is 0 Å². The summed E-state index contributed by atoms with van der Waals surface area (Å²) < 4.78 is 20.5. The molecular weight excluding hydrogens is 169 g/mol. The maximum Gasteiger partial charge on any atom is 0.343 e. The van der Waals surface area contributed by atoms with Crippen molar-refractivity contribution in [1.29, 1.82) is 0 Å². The molecule has 5 nitrogen and oxygen atoms in total. The van der Waals surface area contributed by atoms with Crippen molar-refractivity contribution in [2.24, 2.45) is 0 Å². The van der Waals surface area contributed by atoms with Crippen LogP contribution in [-0.4, -0.2) is 38.8 Å². The number of nitrogens with one attached hydrogen (secondary N) is 1. The lowest BCUT2D eigenvalue weighted by atomic mass is 10.7. The van der Waals surface area contributed by atoms with E-state index >= 15 is 0 Å². The van der Waals surface area contributed by atoms with Gasteiger partial charge in [-0.1, -0.05) is 0 Å². The zero-order valence-corrected chi connectivity index (χ0v) is 7.63. The van der Waals surface area contributed by atoms with Gasteiger partial charge in [0.2, 0.25) is 0 Å². The van der Waals surface area contributed by atoms with Crippen LogP contribution >= 0.6 is 7.60 Å². The van der Waals surface area contributed by atoms with E-state index in [1.807, 2.05) is 0 Å². The van der Waals surface area contributed by atoms with Gasteiger partial charge in [0.15, 0.2) is 0 Å². The van der Waals surface area contributed by atoms with Gasteiger partial charge in [-0.25, -0.2) is 0 Å². The van der Waals surface area contributed by atoms with E-state index in [1.54, 1.807) is 0 Å². The molecule has 11 heavy (non-hydrogen) atoms. The Kier molecular flexibility index (Phi) is 5.72. The van der Waals surface area contributed by atoms with Crippen LogP contribution in [0.15, 0.2) is 0 Å². The van der Waals surface area contributed by atoms with Gasteiger partial charge in [0.25, 0.3) is 0 Å². The maximum atomic E-state index is 11.2. The van der Waals surface area contributed by atoms with Gasteiger partial charge in [-0.3, -0.25) is 4.57 Å². The van der Waals surface area contributed by atoms with Crippen LogP contribution in [0.1, 0.15) is 0 Å². The van der Waals surface area contributed by atoms with Gasteiger partial charge in [0.1, 0.15) is 0 Å². The Morgan fingerprint density at radius 3 is 2.36 bits per heavy atom. The van der Waals surface area contributed by atoms with E-state index in [2.05, 4.69) is 14.4 Å². The van der Waals surface area contributed by atoms with Crippen molar-refractivity contribution < 1.29 is 18.7 Å². The van der Waals surface area contributed by atoms with Crippen LogP contribution in [0.25, 0.3) is 0 Å². The van der Waals surface area contributed by atoms with Crippen molar-refractivity contribution in [3.63, 3.8) is 0 Å². The molecule has 0 aliphatic heterocycles. The van der Waals surface area contributed by atoms with Crippen molar-refractivity contribution in [2.75, 3.05) is 33.7 Å². The van der Waals surface area contributed by atoms with Gasteiger partial charge in [-0.05, 0) is 0 Å². The van der Waals surface area contributed by atoms with Crippen molar-refractivity contribution >= 4 is 7.60 Å². The van der Waals surface area contributed by atoms with Crippen LogP contribution < -0.4 is 5.32 Å². The lowest BCUT2D eigenvalue weighted by molar-refractivity contribution is 0.266. The molecule has 0 spiro atoms. The number of hydrogen-bond donors (Lipinski definition) is 2. The molecule has 0 unspecified atom stereocenters. The van der Waals surface area contributed by atoms with E-state index in [4.69, 9.17) is 5.11 Å². The predicted molar refractivity (Wildman–Crippen MR) is 41.6 cm³/mol. The fraction of sp³-hybridized carbons (Fsp3) is 1.00. The average molecular weight is 183 g/mol. The van der Waals surface area contributed by atoms with Crippen LogP contribution in [0.2, 0.25) is 0 Å². The van der Waals surface area contributed by atoms with Crippen LogP contribution in [0, 0.1) is 0 Å². The molecule has 6 heteroatoms. The smallest absolute Gasteiger partial charge is 0.343 e. The second-order valence-electron chi connectivity index (χ2n) is 1.86. The highest BCUT2D eigenvalue weighted by Crippen LogP contribution is 2.44. The lowest BCUT2D eigenvalue weighted by Crippen LogP contribution is -2.20. The molecule has 0 aliphatic carbocycles. The number of aliphatic hydroxyl groups excluding tert-OH is 1. The molecule has 0 aliphatic rings. The standard InChI is InChI=1S/C5H14NO4P/c1-9-11(8,10-2)5-6-3-4-7/h6-7H,3-5H2,1-2H3. The van der Waals surface area contributed by atoms with Gasteiger partial charge in [0, 0.05) is 20.8 Å². The molecule has 0 saturated carbocycles. The Labute approximate surface area is 66.2 Å². The summed E-state index contributed by atoms with van der Waals surface area (Å²) in [6, 6.07) is 0. The molecule has 0 rings (SSSR count). The van der Waals surface area contributed by atoms with E-state index in [9.17, 15) is 4.57 Å². The largest absolute Gasteiger partial charge is 0.395 e. The van der Waals surface area contributed by atoms with Gasteiger partial charge in [-0.15, -0.1) is 0 Å². The highest BCUT2D eigenvalue weighted by Gasteiger charge is 2.19. The second kappa shape index (κ2) is 5.69. The molecule has 0 atom stereocenters. The first-order valence-electron chi connectivity index (χ1n) is 3.20. The van der Waals surface area contributed by atoms with Gasteiger partial charge < -0.3 is 19.5 Å². The third-order valence-corrected chi connectivity index (χ3v) is 2.87. The molecule has 0 amide bonds. The summed E-state index contributed by atoms with van der Waals surface area (Å²) in [7, 11) is -0.284. The molecular formula is C5H14NO4P. The number of aliphatic hydroxyl groups is 1. The normalized spacial score (nSPS) is 11.9. The highest BCUT2D eigenvalue weighted by molar-refractivity contribution is 7.53.